The molecule has 1 aromatic carbocycles. The third kappa shape index (κ3) is 3.85. The standard InChI is InChI=1S/C14H13BrN4/c1-19(10-13-8-17-4-5-18-13)9-12-3-2-11(7-16)6-14(12)15/h2-6,8H,9-10H2,1H3. The van der Waals surface area contributed by atoms with Gasteiger partial charge in [-0.1, -0.05) is 22.0 Å². The minimum Gasteiger partial charge on any atom is -0.296 e. The van der Waals surface area contributed by atoms with Crippen LogP contribution in [0.2, 0.25) is 0 Å². The van der Waals surface area contributed by atoms with E-state index in [0.717, 1.165) is 28.8 Å². The van der Waals surface area contributed by atoms with E-state index in [1.807, 2.05) is 25.2 Å². The van der Waals surface area contributed by atoms with E-state index in [2.05, 4.69) is 36.9 Å². The molecular formula is C14H13BrN4. The molecule has 19 heavy (non-hydrogen) atoms. The molecule has 0 aliphatic rings. The minimum absolute atomic E-state index is 0.659. The van der Waals surface area contributed by atoms with Crippen LogP contribution in [0.1, 0.15) is 16.8 Å². The molecule has 0 aliphatic carbocycles. The van der Waals surface area contributed by atoms with Crippen LogP contribution in [0.5, 0.6) is 0 Å². The molecule has 1 aromatic heterocycles. The number of hydrogen-bond donors (Lipinski definition) is 0. The average molecular weight is 317 g/mol. The Balaban J connectivity index is 2.03. The fourth-order valence-electron chi connectivity index (χ4n) is 1.78. The third-order valence-corrected chi connectivity index (χ3v) is 3.41. The van der Waals surface area contributed by atoms with Gasteiger partial charge in [-0.25, -0.2) is 0 Å². The Kier molecular flexibility index (Phi) is 4.61. The molecule has 0 aliphatic heterocycles. The van der Waals surface area contributed by atoms with E-state index in [1.54, 1.807) is 18.6 Å². The average Bonchev–Trinajstić information content (AvgIpc) is 2.42. The number of aromatic nitrogens is 2. The van der Waals surface area contributed by atoms with Crippen molar-refractivity contribution in [2.45, 2.75) is 13.1 Å². The Bertz CT molecular complexity index is 592. The van der Waals surface area contributed by atoms with Crippen LogP contribution >= 0.6 is 15.9 Å². The van der Waals surface area contributed by atoms with E-state index in [9.17, 15) is 0 Å². The molecule has 0 N–H and O–H groups in total. The summed E-state index contributed by atoms with van der Waals surface area (Å²) in [6.07, 6.45) is 5.13. The van der Waals surface area contributed by atoms with Crippen LogP contribution in [0.15, 0.2) is 41.3 Å². The first-order valence-corrected chi connectivity index (χ1v) is 6.60. The lowest BCUT2D eigenvalue weighted by atomic mass is 10.1. The zero-order valence-electron chi connectivity index (χ0n) is 10.5. The lowest BCUT2D eigenvalue weighted by Crippen LogP contribution is -2.18. The highest BCUT2D eigenvalue weighted by Crippen LogP contribution is 2.20. The highest BCUT2D eigenvalue weighted by atomic mass is 79.9. The van der Waals surface area contributed by atoms with E-state index < -0.39 is 0 Å². The summed E-state index contributed by atoms with van der Waals surface area (Å²) >= 11 is 3.50. The van der Waals surface area contributed by atoms with Crippen LogP contribution in [0.3, 0.4) is 0 Å². The summed E-state index contributed by atoms with van der Waals surface area (Å²) in [5.74, 6) is 0. The summed E-state index contributed by atoms with van der Waals surface area (Å²) < 4.78 is 0.956. The smallest absolute Gasteiger partial charge is 0.0992 e. The fraction of sp³-hybridized carbons (Fsp3) is 0.214. The van der Waals surface area contributed by atoms with Gasteiger partial charge in [-0.15, -0.1) is 0 Å². The van der Waals surface area contributed by atoms with E-state index >= 15 is 0 Å². The Morgan fingerprint density at radius 1 is 1.32 bits per heavy atom. The molecule has 0 saturated heterocycles. The zero-order chi connectivity index (χ0) is 13.7. The Morgan fingerprint density at radius 2 is 2.16 bits per heavy atom. The normalized spacial score (nSPS) is 10.4. The number of benzene rings is 1. The van der Waals surface area contributed by atoms with Gasteiger partial charge in [0.1, 0.15) is 0 Å². The third-order valence-electron chi connectivity index (χ3n) is 2.67. The molecule has 0 unspecified atom stereocenters. The van der Waals surface area contributed by atoms with Crippen LogP contribution in [-0.2, 0) is 13.1 Å². The molecule has 0 radical (unpaired) electrons. The molecule has 2 rings (SSSR count). The summed E-state index contributed by atoms with van der Waals surface area (Å²) in [4.78, 5) is 10.5. The van der Waals surface area contributed by atoms with Crippen molar-refractivity contribution in [1.29, 1.82) is 5.26 Å². The first kappa shape index (κ1) is 13.7. The predicted molar refractivity (Wildman–Crippen MR) is 76.1 cm³/mol. The first-order valence-electron chi connectivity index (χ1n) is 5.81. The van der Waals surface area contributed by atoms with Gasteiger partial charge in [0.25, 0.3) is 0 Å². The quantitative estimate of drug-likeness (QED) is 0.870. The van der Waals surface area contributed by atoms with Gasteiger partial charge < -0.3 is 0 Å². The number of halogens is 1. The van der Waals surface area contributed by atoms with Crippen molar-refractivity contribution < 1.29 is 0 Å². The van der Waals surface area contributed by atoms with Gasteiger partial charge in [0, 0.05) is 36.2 Å². The summed E-state index contributed by atoms with van der Waals surface area (Å²) in [5.41, 5.74) is 2.74. The van der Waals surface area contributed by atoms with Gasteiger partial charge in [0.2, 0.25) is 0 Å². The van der Waals surface area contributed by atoms with Crippen molar-refractivity contribution in [2.24, 2.45) is 0 Å². The molecule has 0 atom stereocenters. The fourth-order valence-corrected chi connectivity index (χ4v) is 2.28. The van der Waals surface area contributed by atoms with Crippen LogP contribution < -0.4 is 0 Å². The number of nitrogens with zero attached hydrogens (tertiary/aromatic N) is 4. The van der Waals surface area contributed by atoms with E-state index in [0.29, 0.717) is 5.56 Å². The van der Waals surface area contributed by atoms with Crippen LogP contribution in [-0.4, -0.2) is 21.9 Å². The van der Waals surface area contributed by atoms with Gasteiger partial charge in [0.05, 0.1) is 17.3 Å². The molecule has 2 aromatic rings. The maximum Gasteiger partial charge on any atom is 0.0992 e. The van der Waals surface area contributed by atoms with Crippen molar-refractivity contribution in [3.05, 3.63) is 58.1 Å². The van der Waals surface area contributed by atoms with Crippen LogP contribution in [0.25, 0.3) is 0 Å². The Labute approximate surface area is 120 Å². The summed E-state index contributed by atoms with van der Waals surface area (Å²) in [6, 6.07) is 7.76. The first-order chi connectivity index (χ1) is 9.19. The van der Waals surface area contributed by atoms with Crippen LogP contribution in [0, 0.1) is 11.3 Å². The molecular weight excluding hydrogens is 304 g/mol. The zero-order valence-corrected chi connectivity index (χ0v) is 12.1. The topological polar surface area (TPSA) is 52.8 Å². The van der Waals surface area contributed by atoms with Crippen molar-refractivity contribution in [1.82, 2.24) is 14.9 Å². The maximum atomic E-state index is 8.83. The lowest BCUT2D eigenvalue weighted by molar-refractivity contribution is 0.314. The molecule has 5 heteroatoms. The molecule has 4 nitrogen and oxygen atoms in total. The van der Waals surface area contributed by atoms with Gasteiger partial charge in [-0.05, 0) is 24.7 Å². The van der Waals surface area contributed by atoms with Gasteiger partial charge in [0.15, 0.2) is 0 Å². The second-order valence-electron chi connectivity index (χ2n) is 4.29. The summed E-state index contributed by atoms with van der Waals surface area (Å²) in [5, 5.41) is 8.83. The predicted octanol–water partition coefficient (Wildman–Crippen LogP) is 2.74. The maximum absolute atomic E-state index is 8.83. The van der Waals surface area contributed by atoms with Crippen molar-refractivity contribution in [2.75, 3.05) is 7.05 Å². The number of nitriles is 1. The molecule has 0 amide bonds. The largest absolute Gasteiger partial charge is 0.296 e. The van der Waals surface area contributed by atoms with Gasteiger partial charge in [-0.3, -0.25) is 14.9 Å². The number of rotatable bonds is 4. The SMILES string of the molecule is CN(Cc1cnccn1)Cc1ccc(C#N)cc1Br. The highest BCUT2D eigenvalue weighted by molar-refractivity contribution is 9.10. The summed E-state index contributed by atoms with van der Waals surface area (Å²) in [7, 11) is 2.03. The molecule has 96 valence electrons. The van der Waals surface area contributed by atoms with Crippen molar-refractivity contribution in [3.8, 4) is 6.07 Å². The van der Waals surface area contributed by atoms with E-state index in [-0.39, 0.29) is 0 Å². The molecule has 0 bridgehead atoms. The molecule has 0 fully saturated rings. The number of hydrogen-bond acceptors (Lipinski definition) is 4. The van der Waals surface area contributed by atoms with Crippen LogP contribution in [0.4, 0.5) is 0 Å². The van der Waals surface area contributed by atoms with Crippen molar-refractivity contribution >= 4 is 15.9 Å². The van der Waals surface area contributed by atoms with Gasteiger partial charge in [-0.2, -0.15) is 5.26 Å². The lowest BCUT2D eigenvalue weighted by Gasteiger charge is -2.17. The van der Waals surface area contributed by atoms with Gasteiger partial charge >= 0.3 is 0 Å². The monoisotopic (exact) mass is 316 g/mol. The van der Waals surface area contributed by atoms with Crippen molar-refractivity contribution in [3.63, 3.8) is 0 Å². The van der Waals surface area contributed by atoms with E-state index in [4.69, 9.17) is 5.26 Å². The second-order valence-corrected chi connectivity index (χ2v) is 5.14. The Hall–Kier alpha value is -1.77. The minimum atomic E-state index is 0.659. The van der Waals surface area contributed by atoms with E-state index in [1.165, 1.54) is 0 Å². The highest BCUT2D eigenvalue weighted by Gasteiger charge is 2.06. The molecule has 0 saturated carbocycles. The second kappa shape index (κ2) is 6.41. The Morgan fingerprint density at radius 3 is 2.79 bits per heavy atom. The molecule has 1 heterocycles. The summed E-state index contributed by atoms with van der Waals surface area (Å²) in [6.45, 7) is 1.52. The molecule has 0 spiro atoms.